The lowest BCUT2D eigenvalue weighted by Gasteiger charge is -2.19. The van der Waals surface area contributed by atoms with Crippen LogP contribution < -0.4 is 17.1 Å². The zero-order valence-electron chi connectivity index (χ0n) is 9.96. The van der Waals surface area contributed by atoms with Crippen molar-refractivity contribution in [3.05, 3.63) is 0 Å². The fourth-order valence-corrected chi connectivity index (χ4v) is 0.431. The number of aliphatic hydroxyl groups excluding tert-OH is 1. The van der Waals surface area contributed by atoms with Crippen molar-refractivity contribution in [2.75, 3.05) is 13.2 Å². The van der Waals surface area contributed by atoms with Crippen LogP contribution in [0.1, 0.15) is 27.7 Å². The number of hydrogen-bond donors (Lipinski definition) is 5. The Morgan fingerprint density at radius 2 is 1.80 bits per heavy atom. The van der Waals surface area contributed by atoms with E-state index >= 15 is 0 Å². The van der Waals surface area contributed by atoms with Crippen LogP contribution in [-0.2, 0) is 4.84 Å². The van der Waals surface area contributed by atoms with Crippen molar-refractivity contribution in [1.82, 2.24) is 5.32 Å². The highest BCUT2D eigenvalue weighted by molar-refractivity contribution is 6.19. The summed E-state index contributed by atoms with van der Waals surface area (Å²) < 4.78 is 0. The van der Waals surface area contributed by atoms with Gasteiger partial charge >= 0.3 is 0 Å². The molecule has 0 spiro atoms. The number of hydrogen-bond acceptors (Lipinski definition) is 5. The lowest BCUT2D eigenvalue weighted by Crippen LogP contribution is -2.42. The van der Waals surface area contributed by atoms with E-state index in [9.17, 15) is 0 Å². The van der Waals surface area contributed by atoms with Gasteiger partial charge < -0.3 is 10.4 Å². The normalized spacial score (nSPS) is 11.8. The highest BCUT2D eigenvalue weighted by Gasteiger charge is 2.05. The molecule has 15 heavy (non-hydrogen) atoms. The monoisotopic (exact) mass is 246 g/mol. The first-order valence-electron chi connectivity index (χ1n) is 4.50. The van der Waals surface area contributed by atoms with E-state index < -0.39 is 0 Å². The van der Waals surface area contributed by atoms with Crippen LogP contribution in [0.2, 0.25) is 0 Å². The van der Waals surface area contributed by atoms with Crippen LogP contribution in [0.3, 0.4) is 0 Å². The van der Waals surface area contributed by atoms with E-state index in [0.717, 1.165) is 0 Å². The van der Waals surface area contributed by atoms with E-state index in [4.69, 9.17) is 21.9 Å². The molecule has 0 rings (SSSR count). The van der Waals surface area contributed by atoms with Crippen LogP contribution in [0.25, 0.3) is 0 Å². The van der Waals surface area contributed by atoms with Crippen molar-refractivity contribution in [1.29, 1.82) is 0 Å². The maximum Gasteiger partial charge on any atom is 0.149 e. The van der Waals surface area contributed by atoms with Crippen LogP contribution in [0.15, 0.2) is 0 Å². The molecule has 8 N–H and O–H groups in total. The van der Waals surface area contributed by atoms with E-state index in [0.29, 0.717) is 6.54 Å². The average molecular weight is 247 g/mol. The molecule has 0 aliphatic rings. The predicted octanol–water partition coefficient (Wildman–Crippen LogP) is -0.554. The summed E-state index contributed by atoms with van der Waals surface area (Å²) in [5.74, 6) is 6.79. The summed E-state index contributed by atoms with van der Waals surface area (Å²) >= 11 is 5.11. The first kappa shape index (κ1) is 20.5. The van der Waals surface area contributed by atoms with Gasteiger partial charge in [-0.1, -0.05) is 11.6 Å². The topological polar surface area (TPSA) is 115 Å². The molecule has 96 valence electrons. The van der Waals surface area contributed by atoms with Crippen molar-refractivity contribution < 1.29 is 21.0 Å². The number of rotatable bonds is 3. The highest BCUT2D eigenvalue weighted by Crippen LogP contribution is 1.95. The Balaban J connectivity index is -0.000000177. The highest BCUT2D eigenvalue weighted by atomic mass is 35.5. The molecule has 0 radical (unpaired) electrons. The van der Waals surface area contributed by atoms with Crippen molar-refractivity contribution in [2.24, 2.45) is 5.90 Å². The van der Waals surface area contributed by atoms with Gasteiger partial charge in [0.15, 0.2) is 0 Å². The van der Waals surface area contributed by atoms with Crippen LogP contribution >= 0.6 is 11.6 Å². The molecule has 0 bridgehead atoms. The Hall–Kier alpha value is 0.0500. The van der Waals surface area contributed by atoms with Crippen molar-refractivity contribution in [3.63, 3.8) is 0 Å². The van der Waals surface area contributed by atoms with Gasteiger partial charge in [0.25, 0.3) is 0 Å². The molecule has 0 aromatic rings. The van der Waals surface area contributed by atoms with Gasteiger partial charge in [-0.15, -0.1) is 0 Å². The summed E-state index contributed by atoms with van der Waals surface area (Å²) in [4.78, 5) is 4.02. The SMILES string of the molecule is CC(C)(C)NCCO.CC(Cl)ON.[NH3+]O. The first-order valence-corrected chi connectivity index (χ1v) is 4.94. The maximum absolute atomic E-state index is 8.37. The fourth-order valence-electron chi connectivity index (χ4n) is 0.431. The summed E-state index contributed by atoms with van der Waals surface area (Å²) in [6.45, 7) is 8.76. The smallest absolute Gasteiger partial charge is 0.149 e. The summed E-state index contributed by atoms with van der Waals surface area (Å²) in [5.41, 5.74) is -0.224. The van der Waals surface area contributed by atoms with Gasteiger partial charge in [-0.2, -0.15) is 0 Å². The fraction of sp³-hybridized carbons (Fsp3) is 1.00. The zero-order chi connectivity index (χ0) is 12.9. The van der Waals surface area contributed by atoms with Gasteiger partial charge in [0, 0.05) is 12.1 Å². The minimum Gasteiger partial charge on any atom is -0.395 e. The molecule has 0 aromatic heterocycles. The molecule has 0 fully saturated rings. The second-order valence-electron chi connectivity index (χ2n) is 3.58. The molecular formula is C8H25ClN3O3+. The third-order valence-corrected chi connectivity index (χ3v) is 1.06. The quantitative estimate of drug-likeness (QED) is 0.338. The third kappa shape index (κ3) is 41.0. The van der Waals surface area contributed by atoms with Gasteiger partial charge in [-0.25, -0.2) is 17.0 Å². The van der Waals surface area contributed by atoms with Gasteiger partial charge in [0.2, 0.25) is 0 Å². The van der Waals surface area contributed by atoms with E-state index in [1.807, 2.05) is 0 Å². The molecule has 1 atom stereocenters. The van der Waals surface area contributed by atoms with Crippen LogP contribution in [0.5, 0.6) is 0 Å². The number of aliphatic hydroxyl groups is 1. The number of nitrogens with two attached hydrogens (primary N) is 1. The van der Waals surface area contributed by atoms with Gasteiger partial charge in [0.05, 0.1) is 6.61 Å². The standard InChI is InChI=1S/C6H15NO.C2H6ClNO.H4NO/c1-6(2,3)7-4-5-8;1-2(3)5-4;1-2/h7-8H,4-5H2,1-3H3;2H,4H2,1H3;2H,1H3/q;;+1. The van der Waals surface area contributed by atoms with Crippen molar-refractivity contribution >= 4 is 11.6 Å². The molecule has 1 unspecified atom stereocenters. The molecule has 0 amide bonds. The minimum absolute atomic E-state index is 0.142. The van der Waals surface area contributed by atoms with Gasteiger partial charge in [0.1, 0.15) is 5.56 Å². The molecule has 6 nitrogen and oxygen atoms in total. The number of nitrogens with one attached hydrogen (secondary N) is 1. The lowest BCUT2D eigenvalue weighted by molar-refractivity contribution is -0.670. The number of β-amino-alcohol motifs (C(OH)–C–C–N with tert-alkyl or cyclic N) is 1. The average Bonchev–Trinajstić information content (AvgIpc) is 2.17. The first-order chi connectivity index (χ1) is 6.83. The van der Waals surface area contributed by atoms with Crippen LogP contribution in [-0.4, -0.2) is 34.6 Å². The number of quaternary nitrogens is 1. The minimum atomic E-state index is -0.366. The van der Waals surface area contributed by atoms with Crippen LogP contribution in [0, 0.1) is 0 Å². The summed E-state index contributed by atoms with van der Waals surface area (Å²) in [6, 6.07) is 0. The largest absolute Gasteiger partial charge is 0.395 e. The number of alkyl halides is 1. The molecule has 0 heterocycles. The molecule has 0 saturated heterocycles. The Morgan fingerprint density at radius 3 is 1.87 bits per heavy atom. The summed E-state index contributed by atoms with van der Waals surface area (Å²) in [5, 5.41) is 18.2. The molecule has 0 aromatic carbocycles. The van der Waals surface area contributed by atoms with E-state index in [2.05, 4.69) is 42.7 Å². The Morgan fingerprint density at radius 1 is 1.47 bits per heavy atom. The molecule has 0 aliphatic heterocycles. The Bertz CT molecular complexity index is 110. The Kier molecular flexibility index (Phi) is 19.2. The van der Waals surface area contributed by atoms with Crippen molar-refractivity contribution in [2.45, 2.75) is 38.8 Å². The molecule has 7 heteroatoms. The lowest BCUT2D eigenvalue weighted by atomic mass is 10.1. The molecular weight excluding hydrogens is 222 g/mol. The van der Waals surface area contributed by atoms with Gasteiger partial charge in [-0.3, -0.25) is 4.84 Å². The molecule has 0 saturated carbocycles. The van der Waals surface area contributed by atoms with E-state index in [1.54, 1.807) is 6.92 Å². The zero-order valence-corrected chi connectivity index (χ0v) is 10.7. The summed E-state index contributed by atoms with van der Waals surface area (Å²) in [6.07, 6.45) is 0. The van der Waals surface area contributed by atoms with Crippen LogP contribution in [0.4, 0.5) is 0 Å². The third-order valence-electron chi connectivity index (χ3n) is 0.955. The van der Waals surface area contributed by atoms with E-state index in [1.165, 1.54) is 0 Å². The Labute approximate surface area is 96.4 Å². The van der Waals surface area contributed by atoms with Crippen molar-refractivity contribution in [3.8, 4) is 0 Å². The van der Waals surface area contributed by atoms with E-state index in [-0.39, 0.29) is 17.7 Å². The van der Waals surface area contributed by atoms with Gasteiger partial charge in [-0.05, 0) is 27.7 Å². The summed E-state index contributed by atoms with van der Waals surface area (Å²) in [7, 11) is 0. The second-order valence-corrected chi connectivity index (χ2v) is 4.19. The molecule has 0 aliphatic carbocycles. The number of halogens is 1. The predicted molar refractivity (Wildman–Crippen MR) is 60.1 cm³/mol. The second kappa shape index (κ2) is 14.1. The maximum atomic E-state index is 8.37.